The lowest BCUT2D eigenvalue weighted by Crippen LogP contribution is -2.04. The van der Waals surface area contributed by atoms with E-state index in [2.05, 4.69) is 50.2 Å². The van der Waals surface area contributed by atoms with E-state index in [1.54, 1.807) is 0 Å². The normalized spacial score (nSPS) is 11.4. The van der Waals surface area contributed by atoms with Gasteiger partial charge in [0.25, 0.3) is 0 Å². The average Bonchev–Trinajstić information content (AvgIpc) is 2.46. The maximum atomic E-state index is 9.10. The first-order valence-corrected chi connectivity index (χ1v) is 6.79. The second kappa shape index (κ2) is 3.71. The van der Waals surface area contributed by atoms with Crippen molar-refractivity contribution >= 4 is 10.8 Å². The molecule has 0 saturated heterocycles. The Kier molecular flexibility index (Phi) is 2.09. The molecule has 0 fully saturated rings. The van der Waals surface area contributed by atoms with E-state index in [1.807, 2.05) is 12.1 Å². The zero-order valence-corrected chi connectivity index (χ0v) is 11.5. The van der Waals surface area contributed by atoms with Gasteiger partial charge in [-0.05, 0) is 70.1 Å². The second-order valence-corrected chi connectivity index (χ2v) is 5.42. The molecule has 0 bridgehead atoms. The Morgan fingerprint density at radius 2 is 1.40 bits per heavy atom. The average molecular weight is 255 g/mol. The predicted molar refractivity (Wildman–Crippen MR) is 82.6 cm³/mol. The van der Waals surface area contributed by atoms with Gasteiger partial charge in [-0.25, -0.2) is 0 Å². The van der Waals surface area contributed by atoms with Crippen molar-refractivity contribution in [2.75, 3.05) is 0 Å². The van der Waals surface area contributed by atoms with Gasteiger partial charge in [-0.1, -0.05) is 30.3 Å². The molecule has 1 aliphatic rings. The van der Waals surface area contributed by atoms with Crippen LogP contribution in [0.1, 0.15) is 16.7 Å². The van der Waals surface area contributed by atoms with Crippen molar-refractivity contribution in [3.8, 4) is 28.3 Å². The summed E-state index contributed by atoms with van der Waals surface area (Å²) >= 11 is 0. The SMILES string of the molecule is Cc1c2c(c(C)c3cc(C#N)ccc13)-c1ccccc1-2. The molecule has 0 radical (unpaired) electrons. The third-order valence-corrected chi connectivity index (χ3v) is 4.42. The first-order valence-electron chi connectivity index (χ1n) is 6.79. The summed E-state index contributed by atoms with van der Waals surface area (Å²) in [6, 6.07) is 16.8. The van der Waals surface area contributed by atoms with Gasteiger partial charge in [0, 0.05) is 0 Å². The van der Waals surface area contributed by atoms with E-state index in [1.165, 1.54) is 44.2 Å². The number of hydrogen-bond donors (Lipinski definition) is 0. The largest absolute Gasteiger partial charge is 0.192 e. The number of nitriles is 1. The van der Waals surface area contributed by atoms with Crippen molar-refractivity contribution in [3.05, 3.63) is 59.2 Å². The molecule has 3 aromatic carbocycles. The van der Waals surface area contributed by atoms with Crippen molar-refractivity contribution in [2.24, 2.45) is 0 Å². The Hall–Kier alpha value is -2.59. The summed E-state index contributed by atoms with van der Waals surface area (Å²) in [6.07, 6.45) is 0. The van der Waals surface area contributed by atoms with Crippen LogP contribution in [0.3, 0.4) is 0 Å². The van der Waals surface area contributed by atoms with Crippen LogP contribution in [0.2, 0.25) is 0 Å². The van der Waals surface area contributed by atoms with E-state index in [-0.39, 0.29) is 0 Å². The lowest BCUT2D eigenvalue weighted by Gasteiger charge is -2.29. The van der Waals surface area contributed by atoms with Crippen molar-refractivity contribution in [1.82, 2.24) is 0 Å². The predicted octanol–water partition coefficient (Wildman–Crippen LogP) is 4.98. The quantitative estimate of drug-likeness (QED) is 0.435. The lowest BCUT2D eigenvalue weighted by molar-refractivity contribution is 1.39. The number of aryl methyl sites for hydroxylation is 2. The Balaban J connectivity index is 2.16. The third kappa shape index (κ3) is 1.21. The van der Waals surface area contributed by atoms with Crippen LogP contribution in [0.25, 0.3) is 33.0 Å². The highest BCUT2D eigenvalue weighted by atomic mass is 14.3. The monoisotopic (exact) mass is 255 g/mol. The van der Waals surface area contributed by atoms with Gasteiger partial charge >= 0.3 is 0 Å². The molecule has 0 unspecified atom stereocenters. The molecule has 1 nitrogen and oxygen atoms in total. The molecule has 0 spiro atoms. The van der Waals surface area contributed by atoms with Crippen LogP contribution in [0.4, 0.5) is 0 Å². The molecule has 94 valence electrons. The number of benzene rings is 3. The Bertz CT molecular complexity index is 927. The van der Waals surface area contributed by atoms with Crippen LogP contribution in [-0.4, -0.2) is 0 Å². The minimum absolute atomic E-state index is 0.729. The molecule has 0 saturated carbocycles. The summed E-state index contributed by atoms with van der Waals surface area (Å²) in [5.74, 6) is 0. The van der Waals surface area contributed by atoms with Crippen molar-refractivity contribution in [2.45, 2.75) is 13.8 Å². The molecule has 0 atom stereocenters. The fraction of sp³-hybridized carbons (Fsp3) is 0.105. The fourth-order valence-electron chi connectivity index (χ4n) is 3.43. The molecule has 0 amide bonds. The number of fused-ring (bicyclic) bond motifs is 5. The van der Waals surface area contributed by atoms with Gasteiger partial charge in [0.05, 0.1) is 11.6 Å². The van der Waals surface area contributed by atoms with Crippen LogP contribution in [0, 0.1) is 25.2 Å². The highest BCUT2D eigenvalue weighted by Gasteiger charge is 2.27. The van der Waals surface area contributed by atoms with Crippen molar-refractivity contribution in [3.63, 3.8) is 0 Å². The number of rotatable bonds is 0. The van der Waals surface area contributed by atoms with Crippen LogP contribution in [0.15, 0.2) is 42.5 Å². The van der Waals surface area contributed by atoms with Gasteiger partial charge in [-0.15, -0.1) is 0 Å². The summed E-state index contributed by atoms with van der Waals surface area (Å²) in [4.78, 5) is 0. The van der Waals surface area contributed by atoms with Crippen molar-refractivity contribution < 1.29 is 0 Å². The minimum Gasteiger partial charge on any atom is -0.192 e. The molecule has 0 aliphatic heterocycles. The van der Waals surface area contributed by atoms with Gasteiger partial charge in [-0.3, -0.25) is 0 Å². The first kappa shape index (κ1) is 11.3. The summed E-state index contributed by atoms with van der Waals surface area (Å²) in [7, 11) is 0. The standard InChI is InChI=1S/C19H13N/c1-11-14-8-7-13(10-20)9-17(14)12(2)19-16-6-4-3-5-15(16)18(11)19/h3-9H,1-2H3. The van der Waals surface area contributed by atoms with Gasteiger partial charge < -0.3 is 0 Å². The van der Waals surface area contributed by atoms with Crippen molar-refractivity contribution in [1.29, 1.82) is 5.26 Å². The van der Waals surface area contributed by atoms with E-state index in [9.17, 15) is 0 Å². The molecule has 1 heteroatoms. The highest BCUT2D eigenvalue weighted by Crippen LogP contribution is 2.52. The summed E-state index contributed by atoms with van der Waals surface area (Å²) < 4.78 is 0. The molecule has 1 aliphatic carbocycles. The zero-order chi connectivity index (χ0) is 13.9. The van der Waals surface area contributed by atoms with Crippen LogP contribution >= 0.6 is 0 Å². The molecule has 0 N–H and O–H groups in total. The van der Waals surface area contributed by atoms with Crippen LogP contribution < -0.4 is 0 Å². The molecular weight excluding hydrogens is 242 g/mol. The second-order valence-electron chi connectivity index (χ2n) is 5.42. The third-order valence-electron chi connectivity index (χ3n) is 4.42. The van der Waals surface area contributed by atoms with Gasteiger partial charge in [-0.2, -0.15) is 5.26 Å². The van der Waals surface area contributed by atoms with E-state index >= 15 is 0 Å². The maximum Gasteiger partial charge on any atom is 0.0991 e. The van der Waals surface area contributed by atoms with E-state index in [0.29, 0.717) is 0 Å². The molecular formula is C19H13N. The minimum atomic E-state index is 0.729. The van der Waals surface area contributed by atoms with Gasteiger partial charge in [0.2, 0.25) is 0 Å². The number of hydrogen-bond acceptors (Lipinski definition) is 1. The fourth-order valence-corrected chi connectivity index (χ4v) is 3.43. The highest BCUT2D eigenvalue weighted by molar-refractivity contribution is 6.12. The van der Waals surface area contributed by atoms with Gasteiger partial charge in [0.1, 0.15) is 0 Å². The van der Waals surface area contributed by atoms with Crippen LogP contribution in [0.5, 0.6) is 0 Å². The maximum absolute atomic E-state index is 9.10. The Labute approximate surface area is 118 Å². The first-order chi connectivity index (χ1) is 9.72. The number of nitrogens with zero attached hydrogens (tertiary/aromatic N) is 1. The molecule has 20 heavy (non-hydrogen) atoms. The van der Waals surface area contributed by atoms with Gasteiger partial charge in [0.15, 0.2) is 0 Å². The lowest BCUT2D eigenvalue weighted by atomic mass is 9.74. The molecule has 0 aromatic heterocycles. The van der Waals surface area contributed by atoms with E-state index in [4.69, 9.17) is 5.26 Å². The molecule has 3 aromatic rings. The zero-order valence-electron chi connectivity index (χ0n) is 11.5. The summed E-state index contributed by atoms with van der Waals surface area (Å²) in [6.45, 7) is 4.35. The smallest absolute Gasteiger partial charge is 0.0991 e. The Morgan fingerprint density at radius 3 is 2.00 bits per heavy atom. The van der Waals surface area contributed by atoms with E-state index < -0.39 is 0 Å². The summed E-state index contributed by atoms with van der Waals surface area (Å²) in [5, 5.41) is 11.6. The molecule has 0 heterocycles. The topological polar surface area (TPSA) is 23.8 Å². The Morgan fingerprint density at radius 1 is 0.800 bits per heavy atom. The van der Waals surface area contributed by atoms with E-state index in [0.717, 1.165) is 5.56 Å². The summed E-state index contributed by atoms with van der Waals surface area (Å²) in [5.41, 5.74) is 8.78. The van der Waals surface area contributed by atoms with Crippen LogP contribution in [-0.2, 0) is 0 Å². The molecule has 4 rings (SSSR count).